The number of carbonyl (C=O) groups is 3. The molecule has 2 rings (SSSR count). The van der Waals surface area contributed by atoms with Crippen LogP contribution in [0.4, 0.5) is 5.69 Å². The lowest BCUT2D eigenvalue weighted by Crippen LogP contribution is -2.50. The molecule has 1 amide bonds. The first-order valence-electron chi connectivity index (χ1n) is 11.4. The number of ether oxygens (including phenoxy) is 1. The quantitative estimate of drug-likeness (QED) is 0.215. The summed E-state index contributed by atoms with van der Waals surface area (Å²) in [6.45, 7) is 3.90. The molecule has 1 aliphatic rings. The average Bonchev–Trinajstić information content (AvgIpc) is 3.34. The van der Waals surface area contributed by atoms with E-state index in [2.05, 4.69) is 15.5 Å². The highest BCUT2D eigenvalue weighted by atomic mass is 35.5. The van der Waals surface area contributed by atoms with Gasteiger partial charge in [0.05, 0.1) is 6.04 Å². The van der Waals surface area contributed by atoms with E-state index in [1.54, 1.807) is 0 Å². The molecule has 4 N–H and O–H groups in total. The molecule has 1 saturated heterocycles. The summed E-state index contributed by atoms with van der Waals surface area (Å²) in [4.78, 5) is 39.4. The van der Waals surface area contributed by atoms with Gasteiger partial charge in [-0.3, -0.25) is 4.79 Å². The highest BCUT2D eigenvalue weighted by Crippen LogP contribution is 2.18. The van der Waals surface area contributed by atoms with Gasteiger partial charge in [0, 0.05) is 30.5 Å². The Morgan fingerprint density at radius 1 is 1.27 bits per heavy atom. The van der Waals surface area contributed by atoms with Gasteiger partial charge >= 0.3 is 11.9 Å². The van der Waals surface area contributed by atoms with Gasteiger partial charge in [-0.2, -0.15) is 0 Å². The molecule has 1 aromatic carbocycles. The molecule has 0 aliphatic carbocycles. The summed E-state index contributed by atoms with van der Waals surface area (Å²) in [6, 6.07) is 5.43. The molecule has 8 nitrogen and oxygen atoms in total. The summed E-state index contributed by atoms with van der Waals surface area (Å²) in [5.41, 5.74) is 7.97. The lowest BCUT2D eigenvalue weighted by Gasteiger charge is -2.24. The van der Waals surface area contributed by atoms with Crippen molar-refractivity contribution in [3.63, 3.8) is 0 Å². The van der Waals surface area contributed by atoms with Crippen LogP contribution in [0.5, 0.6) is 0 Å². The SMILES string of the molecule is CCC[C@H](NC(=O)[C@@H](N)Cc1cccc(N(CCCl)CCCl)c1)C(=O)OC(=O)[C@@H]1CCCN1. The normalized spacial score (nSPS) is 17.3. The van der Waals surface area contributed by atoms with Crippen molar-refractivity contribution in [3.05, 3.63) is 29.8 Å². The van der Waals surface area contributed by atoms with Gasteiger partial charge in [-0.15, -0.1) is 23.2 Å². The topological polar surface area (TPSA) is 114 Å². The summed E-state index contributed by atoms with van der Waals surface area (Å²) in [6.07, 6.45) is 2.75. The minimum absolute atomic E-state index is 0.286. The third-order valence-electron chi connectivity index (χ3n) is 5.50. The van der Waals surface area contributed by atoms with Crippen LogP contribution in [0.1, 0.15) is 38.2 Å². The maximum atomic E-state index is 12.7. The Morgan fingerprint density at radius 3 is 2.61 bits per heavy atom. The number of nitrogens with one attached hydrogen (secondary N) is 2. The summed E-state index contributed by atoms with van der Waals surface area (Å²) < 4.78 is 5.01. The molecule has 0 spiro atoms. The third-order valence-corrected chi connectivity index (χ3v) is 5.84. The Balaban J connectivity index is 1.97. The van der Waals surface area contributed by atoms with Crippen molar-refractivity contribution in [1.82, 2.24) is 10.6 Å². The first kappa shape index (κ1) is 27.4. The van der Waals surface area contributed by atoms with Crippen LogP contribution in [0.25, 0.3) is 0 Å². The van der Waals surface area contributed by atoms with Crippen LogP contribution >= 0.6 is 23.2 Å². The van der Waals surface area contributed by atoms with Crippen LogP contribution in [0.2, 0.25) is 0 Å². The average molecular weight is 501 g/mol. The van der Waals surface area contributed by atoms with Crippen LogP contribution in [-0.4, -0.2) is 67.4 Å². The largest absolute Gasteiger partial charge is 0.390 e. The summed E-state index contributed by atoms with van der Waals surface area (Å²) in [7, 11) is 0. The van der Waals surface area contributed by atoms with E-state index in [1.807, 2.05) is 31.2 Å². The number of amides is 1. The van der Waals surface area contributed by atoms with Crippen molar-refractivity contribution < 1.29 is 19.1 Å². The Bertz CT molecular complexity index is 783. The third kappa shape index (κ3) is 8.77. The van der Waals surface area contributed by atoms with Gasteiger partial charge in [0.15, 0.2) is 0 Å². The number of hydrogen-bond donors (Lipinski definition) is 3. The van der Waals surface area contributed by atoms with E-state index in [0.717, 1.165) is 17.7 Å². The fourth-order valence-electron chi connectivity index (χ4n) is 3.74. The number of anilines is 1. The van der Waals surface area contributed by atoms with E-state index in [1.165, 1.54) is 0 Å². The van der Waals surface area contributed by atoms with Crippen molar-refractivity contribution in [1.29, 1.82) is 0 Å². The highest BCUT2D eigenvalue weighted by molar-refractivity contribution is 6.18. The molecule has 1 heterocycles. The Hall–Kier alpha value is -1.87. The molecule has 1 aromatic rings. The van der Waals surface area contributed by atoms with Crippen molar-refractivity contribution in [2.24, 2.45) is 5.73 Å². The predicted octanol–water partition coefficient (Wildman–Crippen LogP) is 1.95. The fourth-order valence-corrected chi connectivity index (χ4v) is 4.15. The van der Waals surface area contributed by atoms with Crippen molar-refractivity contribution >= 4 is 46.7 Å². The molecule has 10 heteroatoms. The number of benzene rings is 1. The zero-order chi connectivity index (χ0) is 24.2. The molecule has 0 radical (unpaired) electrons. The number of hydrogen-bond acceptors (Lipinski definition) is 7. The minimum atomic E-state index is -0.923. The Labute approximate surface area is 205 Å². The zero-order valence-electron chi connectivity index (χ0n) is 19.0. The van der Waals surface area contributed by atoms with Gasteiger partial charge < -0.3 is 26.0 Å². The maximum absolute atomic E-state index is 12.7. The highest BCUT2D eigenvalue weighted by Gasteiger charge is 2.30. The predicted molar refractivity (Wildman–Crippen MR) is 131 cm³/mol. The number of rotatable bonds is 13. The minimum Gasteiger partial charge on any atom is -0.390 e. The summed E-state index contributed by atoms with van der Waals surface area (Å²) >= 11 is 11.8. The molecular formula is C23H34Cl2N4O4. The second kappa shape index (κ2) is 14.4. The van der Waals surface area contributed by atoms with E-state index >= 15 is 0 Å². The fraction of sp³-hybridized carbons (Fsp3) is 0.609. The monoisotopic (exact) mass is 500 g/mol. The number of esters is 2. The van der Waals surface area contributed by atoms with Crippen LogP contribution in [0, 0.1) is 0 Å². The molecule has 0 bridgehead atoms. The van der Waals surface area contributed by atoms with E-state index in [0.29, 0.717) is 50.7 Å². The van der Waals surface area contributed by atoms with Crippen LogP contribution in [-0.2, 0) is 25.5 Å². The van der Waals surface area contributed by atoms with Crippen LogP contribution in [0.3, 0.4) is 0 Å². The van der Waals surface area contributed by atoms with E-state index < -0.39 is 36.0 Å². The van der Waals surface area contributed by atoms with Gasteiger partial charge in [0.2, 0.25) is 5.91 Å². The van der Waals surface area contributed by atoms with Gasteiger partial charge in [-0.05, 0) is 49.9 Å². The molecule has 33 heavy (non-hydrogen) atoms. The van der Waals surface area contributed by atoms with E-state index in [9.17, 15) is 14.4 Å². The van der Waals surface area contributed by atoms with Gasteiger partial charge in [-0.25, -0.2) is 9.59 Å². The second-order valence-corrected chi connectivity index (χ2v) is 8.84. The Kier molecular flexibility index (Phi) is 11.9. The second-order valence-electron chi connectivity index (χ2n) is 8.08. The number of nitrogens with zero attached hydrogens (tertiary/aromatic N) is 1. The number of alkyl halides is 2. The van der Waals surface area contributed by atoms with Crippen LogP contribution < -0.4 is 21.3 Å². The molecule has 0 aromatic heterocycles. The summed E-state index contributed by atoms with van der Waals surface area (Å²) in [5.74, 6) is -0.891. The summed E-state index contributed by atoms with van der Waals surface area (Å²) in [5, 5.41) is 5.65. The first-order valence-corrected chi connectivity index (χ1v) is 12.5. The first-order chi connectivity index (χ1) is 15.9. The molecule has 1 fully saturated rings. The van der Waals surface area contributed by atoms with Crippen molar-refractivity contribution in [3.8, 4) is 0 Å². The van der Waals surface area contributed by atoms with Gasteiger partial charge in [0.25, 0.3) is 0 Å². The van der Waals surface area contributed by atoms with Crippen molar-refractivity contribution in [2.75, 3.05) is 36.3 Å². The van der Waals surface area contributed by atoms with Crippen LogP contribution in [0.15, 0.2) is 24.3 Å². The number of nitrogens with two attached hydrogens (primary N) is 1. The lowest BCUT2D eigenvalue weighted by molar-refractivity contribution is -0.163. The molecule has 0 saturated carbocycles. The van der Waals surface area contributed by atoms with E-state index in [4.69, 9.17) is 33.7 Å². The van der Waals surface area contributed by atoms with Crippen molar-refractivity contribution in [2.45, 2.75) is 57.2 Å². The van der Waals surface area contributed by atoms with Gasteiger partial charge in [-0.1, -0.05) is 25.5 Å². The lowest BCUT2D eigenvalue weighted by atomic mass is 10.0. The zero-order valence-corrected chi connectivity index (χ0v) is 20.5. The molecule has 1 aliphatic heterocycles. The number of halogens is 2. The maximum Gasteiger partial charge on any atom is 0.336 e. The molecule has 184 valence electrons. The van der Waals surface area contributed by atoms with Gasteiger partial charge in [0.1, 0.15) is 12.1 Å². The smallest absolute Gasteiger partial charge is 0.336 e. The Morgan fingerprint density at radius 2 is 2.00 bits per heavy atom. The molecule has 3 atom stereocenters. The standard InChI is InChI=1S/C23H34Cl2N4O4/c1-2-5-20(23(32)33-22(31)19-8-4-11-27-19)28-21(30)18(26)15-16-6-3-7-17(14-16)29(12-9-24)13-10-25/h3,6-7,14,18-20,27H,2,4-5,8-13,15,26H2,1H3,(H,28,30)/t18-,19-,20-/m0/s1. The number of carbonyl (C=O) groups excluding carboxylic acids is 3. The van der Waals surface area contributed by atoms with E-state index in [-0.39, 0.29) is 6.42 Å². The molecular weight excluding hydrogens is 467 g/mol. The molecule has 0 unspecified atom stereocenters.